The van der Waals surface area contributed by atoms with Crippen LogP contribution >= 0.6 is 0 Å². The number of hydrogen-bond acceptors (Lipinski definition) is 10. The van der Waals surface area contributed by atoms with Crippen molar-refractivity contribution in [2.75, 3.05) is 5.73 Å². The van der Waals surface area contributed by atoms with Gasteiger partial charge in [0.2, 0.25) is 11.6 Å². The normalized spacial score (nSPS) is 10.2. The van der Waals surface area contributed by atoms with E-state index in [1.807, 2.05) is 10.9 Å². The highest BCUT2D eigenvalue weighted by Gasteiger charge is 2.27. The number of nitrogens with zero attached hydrogens (tertiary/aromatic N) is 5. The van der Waals surface area contributed by atoms with Crippen molar-refractivity contribution in [1.29, 1.82) is 0 Å². The molecule has 8 N–H and O–H groups in total. The first-order valence-corrected chi connectivity index (χ1v) is 4.66. The topological polar surface area (TPSA) is 206 Å². The quantitative estimate of drug-likeness (QED) is 0.210. The Bertz CT molecular complexity index is 629. The molecule has 0 spiro atoms. The van der Waals surface area contributed by atoms with Crippen molar-refractivity contribution in [2.24, 2.45) is 11.7 Å². The first-order chi connectivity index (χ1) is 9.10. The number of aromatic nitrogens is 5. The monoisotopic (exact) mass is 268 g/mol. The van der Waals surface area contributed by atoms with Gasteiger partial charge in [-0.3, -0.25) is 20.4 Å². The zero-order valence-corrected chi connectivity index (χ0v) is 9.19. The van der Waals surface area contributed by atoms with Crippen molar-refractivity contribution in [3.63, 3.8) is 0 Å². The molecule has 0 aliphatic carbocycles. The second-order valence-electron chi connectivity index (χ2n) is 3.12. The number of amides is 2. The molecule has 13 nitrogen and oxygen atoms in total. The van der Waals surface area contributed by atoms with E-state index in [9.17, 15) is 9.59 Å². The minimum absolute atomic E-state index is 0.123. The maximum Gasteiger partial charge on any atom is 0.288 e. The smallest absolute Gasteiger partial charge is 0.288 e. The van der Waals surface area contributed by atoms with Crippen LogP contribution in [0.5, 0.6) is 0 Å². The number of nitrogens with two attached hydrogens (primary N) is 3. The summed E-state index contributed by atoms with van der Waals surface area (Å²) in [7, 11) is 0. The summed E-state index contributed by atoms with van der Waals surface area (Å²) in [5.41, 5.74) is 8.40. The van der Waals surface area contributed by atoms with Gasteiger partial charge in [0.1, 0.15) is 0 Å². The molecule has 0 saturated heterocycles. The number of nitrogen functional groups attached to an aromatic ring is 3. The molecule has 2 rings (SSSR count). The van der Waals surface area contributed by atoms with E-state index in [-0.39, 0.29) is 23.0 Å². The van der Waals surface area contributed by atoms with Crippen LogP contribution in [0.1, 0.15) is 21.0 Å². The van der Waals surface area contributed by atoms with Gasteiger partial charge in [-0.2, -0.15) is 4.68 Å². The Morgan fingerprint density at radius 1 is 1.16 bits per heavy atom. The standard InChI is InChI=1S/C6H8N10O3/c7-3-4(14-19-13-3)16-2(6(18)11-9)1(12-15-16)5(17)10-8/h8-9H2,(H2,7,13)(H,10,17)(H,11,18). The van der Waals surface area contributed by atoms with Crippen LogP contribution in [0, 0.1) is 0 Å². The van der Waals surface area contributed by atoms with Crippen molar-refractivity contribution in [2.45, 2.75) is 0 Å². The predicted octanol–water partition coefficient (Wildman–Crippen LogP) is -3.56. The van der Waals surface area contributed by atoms with Crippen molar-refractivity contribution < 1.29 is 14.2 Å². The molecule has 0 atom stereocenters. The zero-order valence-electron chi connectivity index (χ0n) is 9.19. The number of carbonyl (C=O) groups is 2. The zero-order chi connectivity index (χ0) is 14.0. The van der Waals surface area contributed by atoms with Gasteiger partial charge in [-0.15, -0.1) is 5.10 Å². The van der Waals surface area contributed by atoms with E-state index in [0.29, 0.717) is 0 Å². The van der Waals surface area contributed by atoms with Gasteiger partial charge >= 0.3 is 0 Å². The summed E-state index contributed by atoms with van der Waals surface area (Å²) in [4.78, 5) is 23.1. The molecule has 13 heteroatoms. The fraction of sp³-hybridized carbons (Fsp3) is 0. The van der Waals surface area contributed by atoms with E-state index in [1.54, 1.807) is 0 Å². The predicted molar refractivity (Wildman–Crippen MR) is 56.9 cm³/mol. The molecular weight excluding hydrogens is 260 g/mol. The number of hydrogen-bond donors (Lipinski definition) is 5. The molecule has 0 fully saturated rings. The van der Waals surface area contributed by atoms with Gasteiger partial charge in [0.05, 0.1) is 0 Å². The third kappa shape index (κ3) is 1.94. The Labute approximate surface area is 104 Å². The maximum absolute atomic E-state index is 11.7. The SMILES string of the molecule is NNC(=O)c1nnn(-c2nonc2N)c1C(=O)NN. The van der Waals surface area contributed by atoms with Gasteiger partial charge in [-0.05, 0) is 10.3 Å². The first-order valence-electron chi connectivity index (χ1n) is 4.66. The molecule has 0 saturated carbocycles. The molecule has 0 aliphatic rings. The number of rotatable bonds is 3. The van der Waals surface area contributed by atoms with E-state index in [2.05, 4.69) is 25.3 Å². The second kappa shape index (κ2) is 4.67. The lowest BCUT2D eigenvalue weighted by Gasteiger charge is -2.03. The molecule has 0 aliphatic heterocycles. The van der Waals surface area contributed by atoms with E-state index in [0.717, 1.165) is 4.68 Å². The highest BCUT2D eigenvalue weighted by atomic mass is 16.6. The van der Waals surface area contributed by atoms with Crippen LogP contribution in [-0.4, -0.2) is 37.1 Å². The molecule has 2 aromatic rings. The van der Waals surface area contributed by atoms with Crippen LogP contribution < -0.4 is 28.3 Å². The molecular formula is C6H8N10O3. The van der Waals surface area contributed by atoms with E-state index < -0.39 is 11.8 Å². The fourth-order valence-corrected chi connectivity index (χ4v) is 1.26. The highest BCUT2D eigenvalue weighted by molar-refractivity contribution is 6.04. The Morgan fingerprint density at radius 2 is 1.84 bits per heavy atom. The number of anilines is 1. The van der Waals surface area contributed by atoms with Crippen molar-refractivity contribution in [3.8, 4) is 5.82 Å². The molecule has 2 aromatic heterocycles. The van der Waals surface area contributed by atoms with Crippen LogP contribution in [0.4, 0.5) is 5.82 Å². The highest BCUT2D eigenvalue weighted by Crippen LogP contribution is 2.15. The average molecular weight is 268 g/mol. The Hall–Kier alpha value is -3.06. The summed E-state index contributed by atoms with van der Waals surface area (Å²) in [6, 6.07) is 0. The third-order valence-electron chi connectivity index (χ3n) is 2.06. The number of hydrazine groups is 2. The Kier molecular flexibility index (Phi) is 3.05. The van der Waals surface area contributed by atoms with Gasteiger partial charge in [0.25, 0.3) is 11.8 Å². The van der Waals surface area contributed by atoms with Crippen LogP contribution in [-0.2, 0) is 0 Å². The van der Waals surface area contributed by atoms with Crippen LogP contribution in [0.25, 0.3) is 5.82 Å². The van der Waals surface area contributed by atoms with Gasteiger partial charge in [0.15, 0.2) is 11.4 Å². The van der Waals surface area contributed by atoms with Gasteiger partial charge in [-0.25, -0.2) is 16.3 Å². The molecule has 0 aromatic carbocycles. The lowest BCUT2D eigenvalue weighted by molar-refractivity contribution is 0.0912. The lowest BCUT2D eigenvalue weighted by atomic mass is 10.3. The van der Waals surface area contributed by atoms with Crippen LogP contribution in [0.15, 0.2) is 4.63 Å². The largest absolute Gasteiger partial charge is 0.378 e. The summed E-state index contributed by atoms with van der Waals surface area (Å²) in [5.74, 6) is 7.99. The lowest BCUT2D eigenvalue weighted by Crippen LogP contribution is -2.36. The maximum atomic E-state index is 11.7. The van der Waals surface area contributed by atoms with Crippen LogP contribution in [0.2, 0.25) is 0 Å². The molecule has 19 heavy (non-hydrogen) atoms. The molecule has 0 unspecified atom stereocenters. The van der Waals surface area contributed by atoms with Crippen molar-refractivity contribution >= 4 is 17.6 Å². The van der Waals surface area contributed by atoms with Crippen LogP contribution in [0.3, 0.4) is 0 Å². The summed E-state index contributed by atoms with van der Waals surface area (Å²) in [6.07, 6.45) is 0. The van der Waals surface area contributed by atoms with Gasteiger partial charge in [-0.1, -0.05) is 5.21 Å². The van der Waals surface area contributed by atoms with Gasteiger partial charge < -0.3 is 5.73 Å². The Balaban J connectivity index is 2.63. The average Bonchev–Trinajstić information content (AvgIpc) is 3.02. The van der Waals surface area contributed by atoms with Crippen molar-refractivity contribution in [1.82, 2.24) is 36.2 Å². The first kappa shape index (κ1) is 12.4. The number of nitrogens with one attached hydrogen (secondary N) is 2. The molecule has 100 valence electrons. The molecule has 2 heterocycles. The molecule has 0 radical (unpaired) electrons. The number of carbonyl (C=O) groups excluding carboxylic acids is 2. The third-order valence-corrected chi connectivity index (χ3v) is 2.06. The Morgan fingerprint density at radius 3 is 2.37 bits per heavy atom. The summed E-state index contributed by atoms with van der Waals surface area (Å²) in [6.45, 7) is 0. The van der Waals surface area contributed by atoms with E-state index >= 15 is 0 Å². The fourth-order valence-electron chi connectivity index (χ4n) is 1.26. The molecule has 0 bridgehead atoms. The minimum atomic E-state index is -0.856. The second-order valence-corrected chi connectivity index (χ2v) is 3.12. The van der Waals surface area contributed by atoms with Crippen molar-refractivity contribution in [3.05, 3.63) is 11.4 Å². The summed E-state index contributed by atoms with van der Waals surface area (Å²) < 4.78 is 5.21. The summed E-state index contributed by atoms with van der Waals surface area (Å²) in [5, 5.41) is 13.8. The molecule has 2 amide bonds. The van der Waals surface area contributed by atoms with E-state index in [1.165, 1.54) is 0 Å². The van der Waals surface area contributed by atoms with Gasteiger partial charge in [0, 0.05) is 0 Å². The minimum Gasteiger partial charge on any atom is -0.378 e. The van der Waals surface area contributed by atoms with E-state index in [4.69, 9.17) is 17.4 Å². The summed E-state index contributed by atoms with van der Waals surface area (Å²) >= 11 is 0.